The highest BCUT2D eigenvalue weighted by molar-refractivity contribution is 5.92. The number of nitrogens with two attached hydrogens (primary N) is 1. The molecule has 1 atom stereocenters. The number of amides is 1. The van der Waals surface area contributed by atoms with E-state index < -0.39 is 5.91 Å². The number of carbonyl (C=O) groups excluding carboxylic acids is 1. The monoisotopic (exact) mass is 267 g/mol. The fourth-order valence-electron chi connectivity index (χ4n) is 2.60. The van der Waals surface area contributed by atoms with Gasteiger partial charge in [0.2, 0.25) is 0 Å². The van der Waals surface area contributed by atoms with E-state index in [1.54, 1.807) is 6.07 Å². The molecule has 4 N–H and O–H groups in total. The van der Waals surface area contributed by atoms with Crippen LogP contribution in [-0.2, 0) is 6.54 Å². The van der Waals surface area contributed by atoms with Crippen LogP contribution < -0.4 is 11.3 Å². The van der Waals surface area contributed by atoms with Gasteiger partial charge in [0.25, 0.3) is 0 Å². The highest BCUT2D eigenvalue weighted by atomic mass is 16.3. The van der Waals surface area contributed by atoms with Crippen molar-refractivity contribution in [2.45, 2.75) is 38.3 Å². The van der Waals surface area contributed by atoms with E-state index in [1.165, 1.54) is 12.7 Å². The first-order valence-electron chi connectivity index (χ1n) is 6.68. The Labute approximate surface area is 112 Å². The molecule has 1 aromatic rings. The van der Waals surface area contributed by atoms with E-state index in [4.69, 9.17) is 10.3 Å². The number of rotatable bonds is 4. The molecule has 1 aliphatic rings. The number of likely N-dealkylation sites (tertiary alicyclic amines) is 1. The summed E-state index contributed by atoms with van der Waals surface area (Å²) in [5, 5.41) is 9.48. The Morgan fingerprint density at radius 3 is 3.11 bits per heavy atom. The normalized spacial score (nSPS) is 21.1. The second-order valence-electron chi connectivity index (χ2n) is 4.90. The van der Waals surface area contributed by atoms with Crippen LogP contribution in [0.1, 0.15) is 41.8 Å². The molecule has 1 saturated heterocycles. The van der Waals surface area contributed by atoms with Gasteiger partial charge < -0.3 is 9.52 Å². The number of hydrogen-bond acceptors (Lipinski definition) is 5. The second kappa shape index (κ2) is 6.70. The van der Waals surface area contributed by atoms with Crippen LogP contribution in [0, 0.1) is 0 Å². The molecular weight excluding hydrogens is 246 g/mol. The van der Waals surface area contributed by atoms with Crippen LogP contribution in [0.2, 0.25) is 0 Å². The summed E-state index contributed by atoms with van der Waals surface area (Å²) in [7, 11) is 0. The molecule has 0 bridgehead atoms. The van der Waals surface area contributed by atoms with E-state index in [0.717, 1.165) is 31.4 Å². The molecule has 19 heavy (non-hydrogen) atoms. The fourth-order valence-corrected chi connectivity index (χ4v) is 2.60. The third kappa shape index (κ3) is 3.34. The number of nitrogen functional groups attached to an aromatic ring is 1. The molecule has 6 nitrogen and oxygen atoms in total. The predicted molar refractivity (Wildman–Crippen MR) is 70.1 cm³/mol. The lowest BCUT2D eigenvalue weighted by molar-refractivity contribution is 0.0917. The average molecular weight is 267 g/mol. The van der Waals surface area contributed by atoms with Crippen molar-refractivity contribution >= 4 is 5.91 Å². The minimum Gasteiger partial charge on any atom is -0.459 e. The standard InChI is InChI=1S/C13H21N3O3/c14-15-13(18)12-10(5-7-19-12)8-16-6-3-1-2-4-11(16)9-17/h5,7,11,17H,1-4,6,8-9,14H2,(H,15,18). The molecule has 106 valence electrons. The van der Waals surface area contributed by atoms with Crippen LogP contribution >= 0.6 is 0 Å². The Hall–Kier alpha value is -1.37. The lowest BCUT2D eigenvalue weighted by atomic mass is 10.1. The zero-order chi connectivity index (χ0) is 13.7. The van der Waals surface area contributed by atoms with Crippen molar-refractivity contribution in [3.63, 3.8) is 0 Å². The summed E-state index contributed by atoms with van der Waals surface area (Å²) in [5.41, 5.74) is 2.89. The lowest BCUT2D eigenvalue weighted by Crippen LogP contribution is -2.37. The van der Waals surface area contributed by atoms with E-state index in [9.17, 15) is 9.90 Å². The summed E-state index contributed by atoms with van der Waals surface area (Å²) in [6.45, 7) is 1.68. The molecule has 0 radical (unpaired) electrons. The smallest absolute Gasteiger partial charge is 0.301 e. The predicted octanol–water partition coefficient (Wildman–Crippen LogP) is 0.620. The van der Waals surface area contributed by atoms with E-state index in [1.807, 2.05) is 0 Å². The number of furan rings is 1. The Morgan fingerprint density at radius 1 is 1.53 bits per heavy atom. The quantitative estimate of drug-likeness (QED) is 0.422. The summed E-state index contributed by atoms with van der Waals surface area (Å²) in [6.07, 6.45) is 5.93. The van der Waals surface area contributed by atoms with Crippen molar-refractivity contribution in [1.29, 1.82) is 0 Å². The highest BCUT2D eigenvalue weighted by Gasteiger charge is 2.23. The van der Waals surface area contributed by atoms with Crippen molar-refractivity contribution < 1.29 is 14.3 Å². The molecule has 1 aromatic heterocycles. The van der Waals surface area contributed by atoms with Crippen molar-refractivity contribution in [3.05, 3.63) is 23.7 Å². The molecule has 0 aliphatic carbocycles. The van der Waals surface area contributed by atoms with Gasteiger partial charge in [-0.1, -0.05) is 12.8 Å². The average Bonchev–Trinajstić information content (AvgIpc) is 2.77. The van der Waals surface area contributed by atoms with Crippen molar-refractivity contribution in [3.8, 4) is 0 Å². The number of hydrogen-bond donors (Lipinski definition) is 3. The van der Waals surface area contributed by atoms with Crippen molar-refractivity contribution in [2.24, 2.45) is 5.84 Å². The Balaban J connectivity index is 2.10. The highest BCUT2D eigenvalue weighted by Crippen LogP contribution is 2.21. The van der Waals surface area contributed by atoms with Gasteiger partial charge in [-0.05, 0) is 25.5 Å². The minimum atomic E-state index is -0.421. The van der Waals surface area contributed by atoms with Crippen molar-refractivity contribution in [1.82, 2.24) is 10.3 Å². The number of nitrogens with one attached hydrogen (secondary N) is 1. The molecule has 6 heteroatoms. The molecule has 2 rings (SSSR count). The SMILES string of the molecule is NNC(=O)c1occc1CN1CCCCCC1CO. The molecule has 2 heterocycles. The van der Waals surface area contributed by atoms with Crippen LogP contribution in [0.4, 0.5) is 0 Å². The van der Waals surface area contributed by atoms with Gasteiger partial charge in [0.15, 0.2) is 5.76 Å². The number of aliphatic hydroxyl groups is 1. The van der Waals surface area contributed by atoms with Crippen LogP contribution in [-0.4, -0.2) is 35.1 Å². The van der Waals surface area contributed by atoms with Crippen LogP contribution in [0.3, 0.4) is 0 Å². The van der Waals surface area contributed by atoms with Gasteiger partial charge in [-0.2, -0.15) is 0 Å². The number of aliphatic hydroxyl groups excluding tert-OH is 1. The third-order valence-corrected chi connectivity index (χ3v) is 3.67. The molecule has 1 unspecified atom stereocenters. The zero-order valence-electron chi connectivity index (χ0n) is 11.0. The number of carbonyl (C=O) groups is 1. The van der Waals surface area contributed by atoms with E-state index in [2.05, 4.69) is 10.3 Å². The fraction of sp³-hybridized carbons (Fsp3) is 0.615. The maximum absolute atomic E-state index is 11.6. The van der Waals surface area contributed by atoms with E-state index >= 15 is 0 Å². The maximum atomic E-state index is 11.6. The van der Waals surface area contributed by atoms with Gasteiger partial charge in [-0.3, -0.25) is 15.1 Å². The van der Waals surface area contributed by atoms with Crippen LogP contribution in [0.25, 0.3) is 0 Å². The van der Waals surface area contributed by atoms with Crippen molar-refractivity contribution in [2.75, 3.05) is 13.2 Å². The van der Waals surface area contributed by atoms with Gasteiger partial charge in [0.1, 0.15) is 0 Å². The summed E-state index contributed by atoms with van der Waals surface area (Å²) in [4.78, 5) is 13.8. The zero-order valence-corrected chi connectivity index (χ0v) is 11.0. The van der Waals surface area contributed by atoms with Gasteiger partial charge in [0, 0.05) is 18.2 Å². The topological polar surface area (TPSA) is 91.7 Å². The van der Waals surface area contributed by atoms with Gasteiger partial charge >= 0.3 is 5.91 Å². The lowest BCUT2D eigenvalue weighted by Gasteiger charge is -2.28. The van der Waals surface area contributed by atoms with Crippen LogP contribution in [0.5, 0.6) is 0 Å². The second-order valence-corrected chi connectivity index (χ2v) is 4.90. The van der Waals surface area contributed by atoms with E-state index in [0.29, 0.717) is 6.54 Å². The molecule has 0 saturated carbocycles. The summed E-state index contributed by atoms with van der Waals surface area (Å²) >= 11 is 0. The summed E-state index contributed by atoms with van der Waals surface area (Å²) in [5.74, 6) is 4.96. The Morgan fingerprint density at radius 2 is 2.37 bits per heavy atom. The number of nitrogens with zero attached hydrogens (tertiary/aromatic N) is 1. The number of hydrazine groups is 1. The first kappa shape index (κ1) is 14.0. The third-order valence-electron chi connectivity index (χ3n) is 3.67. The molecule has 0 spiro atoms. The van der Waals surface area contributed by atoms with Gasteiger partial charge in [-0.25, -0.2) is 5.84 Å². The minimum absolute atomic E-state index is 0.149. The Kier molecular flexibility index (Phi) is 4.95. The summed E-state index contributed by atoms with van der Waals surface area (Å²) in [6, 6.07) is 1.94. The van der Waals surface area contributed by atoms with Crippen LogP contribution in [0.15, 0.2) is 16.7 Å². The molecule has 0 aromatic carbocycles. The first-order valence-corrected chi connectivity index (χ1v) is 6.68. The molecular formula is C13H21N3O3. The molecule has 1 aliphatic heterocycles. The molecule has 1 fully saturated rings. The van der Waals surface area contributed by atoms with Gasteiger partial charge in [-0.15, -0.1) is 0 Å². The van der Waals surface area contributed by atoms with Gasteiger partial charge in [0.05, 0.1) is 12.9 Å². The maximum Gasteiger partial charge on any atom is 0.301 e. The largest absolute Gasteiger partial charge is 0.459 e. The summed E-state index contributed by atoms with van der Waals surface area (Å²) < 4.78 is 5.18. The Bertz CT molecular complexity index is 419. The molecule has 1 amide bonds. The first-order chi connectivity index (χ1) is 9.26. The van der Waals surface area contributed by atoms with E-state index in [-0.39, 0.29) is 18.4 Å².